The number of nitrogens with zero attached hydrogens (tertiary/aromatic N) is 1. The third-order valence-electron chi connectivity index (χ3n) is 3.05. The Morgan fingerprint density at radius 3 is 2.63 bits per heavy atom. The average molecular weight is 295 g/mol. The van der Waals surface area contributed by atoms with Gasteiger partial charge in [0, 0.05) is 16.3 Å². The third kappa shape index (κ3) is 3.56. The van der Waals surface area contributed by atoms with Crippen molar-refractivity contribution in [2.24, 2.45) is 0 Å². The van der Waals surface area contributed by atoms with Gasteiger partial charge in [-0.15, -0.1) is 11.3 Å². The first kappa shape index (κ1) is 14.5. The summed E-state index contributed by atoms with van der Waals surface area (Å²) in [4.78, 5) is 5.81. The molecule has 0 fully saturated rings. The number of hydrogen-bond acceptors (Lipinski definition) is 3. The SMILES string of the molecule is CCCNC(c1ccc(Cl)s1)c1ccc(C)nc1C. The second-order valence-corrected chi connectivity index (χ2v) is 6.40. The van der Waals surface area contributed by atoms with Crippen LogP contribution in [0.2, 0.25) is 4.34 Å². The van der Waals surface area contributed by atoms with E-state index in [1.807, 2.05) is 13.0 Å². The Hall–Kier alpha value is -0.900. The van der Waals surface area contributed by atoms with E-state index in [0.717, 1.165) is 28.7 Å². The highest BCUT2D eigenvalue weighted by atomic mass is 35.5. The number of halogens is 1. The zero-order valence-corrected chi connectivity index (χ0v) is 13.1. The predicted molar refractivity (Wildman–Crippen MR) is 83.2 cm³/mol. The highest BCUT2D eigenvalue weighted by molar-refractivity contribution is 7.16. The van der Waals surface area contributed by atoms with Crippen molar-refractivity contribution < 1.29 is 0 Å². The molecule has 4 heteroatoms. The lowest BCUT2D eigenvalue weighted by molar-refractivity contribution is 0.601. The minimum Gasteiger partial charge on any atom is -0.306 e. The summed E-state index contributed by atoms with van der Waals surface area (Å²) >= 11 is 7.70. The van der Waals surface area contributed by atoms with Crippen LogP contribution >= 0.6 is 22.9 Å². The summed E-state index contributed by atoms with van der Waals surface area (Å²) in [5.41, 5.74) is 3.37. The van der Waals surface area contributed by atoms with Gasteiger partial charge in [-0.2, -0.15) is 0 Å². The second-order valence-electron chi connectivity index (χ2n) is 4.66. The Balaban J connectivity index is 2.36. The van der Waals surface area contributed by atoms with Gasteiger partial charge in [0.25, 0.3) is 0 Å². The first-order chi connectivity index (χ1) is 9.11. The lowest BCUT2D eigenvalue weighted by Crippen LogP contribution is -2.23. The molecule has 1 N–H and O–H groups in total. The molecule has 0 aliphatic rings. The topological polar surface area (TPSA) is 24.9 Å². The van der Waals surface area contributed by atoms with Crippen molar-refractivity contribution in [3.63, 3.8) is 0 Å². The molecule has 1 atom stereocenters. The third-order valence-corrected chi connectivity index (χ3v) is 4.35. The van der Waals surface area contributed by atoms with E-state index in [1.165, 1.54) is 10.4 Å². The largest absolute Gasteiger partial charge is 0.306 e. The summed E-state index contributed by atoms with van der Waals surface area (Å²) in [7, 11) is 0. The van der Waals surface area contributed by atoms with Crippen LogP contribution < -0.4 is 5.32 Å². The van der Waals surface area contributed by atoms with Crippen LogP contribution in [0.3, 0.4) is 0 Å². The molecule has 102 valence electrons. The molecular formula is C15H19ClN2S. The van der Waals surface area contributed by atoms with Gasteiger partial charge in [-0.1, -0.05) is 24.6 Å². The number of nitrogens with one attached hydrogen (secondary N) is 1. The van der Waals surface area contributed by atoms with E-state index in [-0.39, 0.29) is 6.04 Å². The van der Waals surface area contributed by atoms with Crippen LogP contribution in [-0.2, 0) is 0 Å². The van der Waals surface area contributed by atoms with Crippen LogP contribution in [0.1, 0.15) is 41.2 Å². The standard InChI is InChI=1S/C15H19ClN2S/c1-4-9-17-15(13-7-8-14(16)19-13)12-6-5-10(2)18-11(12)3/h5-8,15,17H,4,9H2,1-3H3. The summed E-state index contributed by atoms with van der Waals surface area (Å²) < 4.78 is 0.830. The van der Waals surface area contributed by atoms with Crippen LogP contribution in [0.25, 0.3) is 0 Å². The summed E-state index contributed by atoms with van der Waals surface area (Å²) in [6.45, 7) is 7.24. The van der Waals surface area contributed by atoms with Gasteiger partial charge in [-0.25, -0.2) is 0 Å². The van der Waals surface area contributed by atoms with E-state index in [4.69, 9.17) is 11.6 Å². The minimum absolute atomic E-state index is 0.186. The fourth-order valence-corrected chi connectivity index (χ4v) is 3.29. The molecule has 0 aliphatic heterocycles. The van der Waals surface area contributed by atoms with Crippen molar-refractivity contribution >= 4 is 22.9 Å². The van der Waals surface area contributed by atoms with Crippen molar-refractivity contribution in [1.82, 2.24) is 10.3 Å². The molecule has 19 heavy (non-hydrogen) atoms. The Labute approximate surface area is 123 Å². The quantitative estimate of drug-likeness (QED) is 0.878. The molecule has 1 unspecified atom stereocenters. The van der Waals surface area contributed by atoms with Gasteiger partial charge in [0.15, 0.2) is 0 Å². The zero-order valence-electron chi connectivity index (χ0n) is 11.5. The zero-order chi connectivity index (χ0) is 13.8. The van der Waals surface area contributed by atoms with Crippen LogP contribution in [-0.4, -0.2) is 11.5 Å². The molecule has 2 heterocycles. The van der Waals surface area contributed by atoms with E-state index >= 15 is 0 Å². The Bertz CT molecular complexity index is 551. The van der Waals surface area contributed by atoms with Crippen LogP contribution in [0.5, 0.6) is 0 Å². The first-order valence-electron chi connectivity index (χ1n) is 6.54. The number of rotatable bonds is 5. The van der Waals surface area contributed by atoms with Crippen molar-refractivity contribution in [1.29, 1.82) is 0 Å². The fraction of sp³-hybridized carbons (Fsp3) is 0.400. The Kier molecular flexibility index (Phi) is 4.97. The molecule has 2 aromatic rings. The maximum atomic E-state index is 6.07. The number of aryl methyl sites for hydroxylation is 2. The summed E-state index contributed by atoms with van der Waals surface area (Å²) in [5, 5.41) is 3.59. The number of thiophene rings is 1. The lowest BCUT2D eigenvalue weighted by atomic mass is 10.0. The smallest absolute Gasteiger partial charge is 0.0931 e. The lowest BCUT2D eigenvalue weighted by Gasteiger charge is -2.19. The van der Waals surface area contributed by atoms with E-state index in [9.17, 15) is 0 Å². The molecule has 0 aliphatic carbocycles. The fourth-order valence-electron chi connectivity index (χ4n) is 2.14. The molecule has 2 nitrogen and oxygen atoms in total. The van der Waals surface area contributed by atoms with E-state index in [0.29, 0.717) is 0 Å². The second kappa shape index (κ2) is 6.51. The molecule has 0 amide bonds. The van der Waals surface area contributed by atoms with Crippen molar-refractivity contribution in [3.05, 3.63) is 50.4 Å². The number of aromatic nitrogens is 1. The Morgan fingerprint density at radius 2 is 2.05 bits per heavy atom. The van der Waals surface area contributed by atoms with Gasteiger partial charge in [0.1, 0.15) is 0 Å². The van der Waals surface area contributed by atoms with E-state index < -0.39 is 0 Å². The van der Waals surface area contributed by atoms with Gasteiger partial charge < -0.3 is 5.32 Å². The van der Waals surface area contributed by atoms with Gasteiger partial charge in [-0.3, -0.25) is 4.98 Å². The first-order valence-corrected chi connectivity index (χ1v) is 7.74. The van der Waals surface area contributed by atoms with Gasteiger partial charge >= 0.3 is 0 Å². The number of hydrogen-bond donors (Lipinski definition) is 1. The minimum atomic E-state index is 0.186. The van der Waals surface area contributed by atoms with Crippen LogP contribution in [0, 0.1) is 13.8 Å². The Morgan fingerprint density at radius 1 is 1.26 bits per heavy atom. The molecular weight excluding hydrogens is 276 g/mol. The highest BCUT2D eigenvalue weighted by Gasteiger charge is 2.18. The van der Waals surface area contributed by atoms with Crippen LogP contribution in [0.15, 0.2) is 24.3 Å². The van der Waals surface area contributed by atoms with Gasteiger partial charge in [-0.05, 0) is 50.6 Å². The van der Waals surface area contributed by atoms with E-state index in [2.05, 4.69) is 42.3 Å². The predicted octanol–water partition coefficient (Wildman–Crippen LogP) is 4.50. The monoisotopic (exact) mass is 294 g/mol. The molecule has 0 aromatic carbocycles. The normalized spacial score (nSPS) is 12.6. The van der Waals surface area contributed by atoms with Crippen molar-refractivity contribution in [2.75, 3.05) is 6.54 Å². The van der Waals surface area contributed by atoms with Gasteiger partial charge in [0.2, 0.25) is 0 Å². The molecule has 0 saturated carbocycles. The number of pyridine rings is 1. The summed E-state index contributed by atoms with van der Waals surface area (Å²) in [6.07, 6.45) is 1.11. The summed E-state index contributed by atoms with van der Waals surface area (Å²) in [5.74, 6) is 0. The highest BCUT2D eigenvalue weighted by Crippen LogP contribution is 2.32. The van der Waals surface area contributed by atoms with Crippen molar-refractivity contribution in [2.45, 2.75) is 33.2 Å². The van der Waals surface area contributed by atoms with Crippen LogP contribution in [0.4, 0.5) is 0 Å². The molecule has 2 aromatic heterocycles. The maximum Gasteiger partial charge on any atom is 0.0931 e. The molecule has 2 rings (SSSR count). The van der Waals surface area contributed by atoms with Gasteiger partial charge in [0.05, 0.1) is 10.4 Å². The van der Waals surface area contributed by atoms with E-state index in [1.54, 1.807) is 11.3 Å². The maximum absolute atomic E-state index is 6.07. The molecule has 0 spiro atoms. The molecule has 0 bridgehead atoms. The summed E-state index contributed by atoms with van der Waals surface area (Å²) in [6, 6.07) is 8.47. The average Bonchev–Trinajstić information content (AvgIpc) is 2.78. The molecule has 0 saturated heterocycles. The molecule has 0 radical (unpaired) electrons. The van der Waals surface area contributed by atoms with Crippen molar-refractivity contribution in [3.8, 4) is 0 Å².